The number of aliphatic hydroxyl groups is 1. The van der Waals surface area contributed by atoms with Crippen molar-refractivity contribution in [2.75, 3.05) is 4.90 Å². The highest BCUT2D eigenvalue weighted by molar-refractivity contribution is 7.07. The van der Waals surface area contributed by atoms with Crippen molar-refractivity contribution in [3.05, 3.63) is 46.3 Å². The van der Waals surface area contributed by atoms with Crippen molar-refractivity contribution in [3.63, 3.8) is 0 Å². The van der Waals surface area contributed by atoms with Gasteiger partial charge in [0.1, 0.15) is 5.82 Å². The van der Waals surface area contributed by atoms with E-state index < -0.39 is 6.10 Å². The third-order valence-corrected chi connectivity index (χ3v) is 4.19. The van der Waals surface area contributed by atoms with Gasteiger partial charge in [-0.2, -0.15) is 11.3 Å². The van der Waals surface area contributed by atoms with E-state index in [2.05, 4.69) is 26.7 Å². The largest absolute Gasteiger partial charge is 0.389 e. The number of hydrogen-bond donors (Lipinski definition) is 1. The number of rotatable bonds is 5. The highest BCUT2D eigenvalue weighted by Gasteiger charge is 2.31. The van der Waals surface area contributed by atoms with Crippen LogP contribution >= 0.6 is 11.3 Å². The summed E-state index contributed by atoms with van der Waals surface area (Å²) in [7, 11) is 0. The van der Waals surface area contributed by atoms with E-state index in [4.69, 9.17) is 0 Å². The lowest BCUT2D eigenvalue weighted by atomic mass is 10.1. The molecule has 0 unspecified atom stereocenters. The molecule has 1 aliphatic carbocycles. The second-order valence-corrected chi connectivity index (χ2v) is 5.86. The maximum absolute atomic E-state index is 9.92. The molecule has 3 rings (SSSR count). The normalized spacial score (nSPS) is 16.3. The van der Waals surface area contributed by atoms with E-state index in [1.807, 2.05) is 18.3 Å². The lowest BCUT2D eigenvalue weighted by Crippen LogP contribution is -2.27. The van der Waals surface area contributed by atoms with Crippen molar-refractivity contribution in [2.24, 2.45) is 0 Å². The standard InChI is InChI=1S/C15H18N2OS/c1-11(18)14-3-2-7-16-15(14)17(13-4-5-13)9-12-6-8-19-10-12/h2-3,6-8,10-11,13,18H,4-5,9H2,1H3/t11-/m1/s1. The van der Waals surface area contributed by atoms with Gasteiger partial charge in [0.05, 0.1) is 6.10 Å². The average molecular weight is 274 g/mol. The molecule has 1 fully saturated rings. The van der Waals surface area contributed by atoms with Crippen LogP contribution in [0.4, 0.5) is 5.82 Å². The summed E-state index contributed by atoms with van der Waals surface area (Å²) in [6.07, 6.45) is 3.77. The molecule has 0 spiro atoms. The van der Waals surface area contributed by atoms with Gasteiger partial charge in [0.15, 0.2) is 0 Å². The van der Waals surface area contributed by atoms with Gasteiger partial charge in [0.2, 0.25) is 0 Å². The maximum atomic E-state index is 9.92. The van der Waals surface area contributed by atoms with Gasteiger partial charge in [-0.05, 0) is 48.2 Å². The Morgan fingerprint density at radius 3 is 2.95 bits per heavy atom. The summed E-state index contributed by atoms with van der Waals surface area (Å²) in [6.45, 7) is 2.68. The Labute approximate surface area is 117 Å². The van der Waals surface area contributed by atoms with Crippen LogP contribution in [0.1, 0.15) is 37.0 Å². The molecule has 1 saturated carbocycles. The molecule has 0 bridgehead atoms. The molecule has 0 amide bonds. The second-order valence-electron chi connectivity index (χ2n) is 5.08. The van der Waals surface area contributed by atoms with E-state index in [0.717, 1.165) is 17.9 Å². The minimum Gasteiger partial charge on any atom is -0.389 e. The molecule has 0 aromatic carbocycles. The van der Waals surface area contributed by atoms with E-state index in [0.29, 0.717) is 6.04 Å². The van der Waals surface area contributed by atoms with E-state index in [1.165, 1.54) is 18.4 Å². The predicted octanol–water partition coefficient (Wildman–Crippen LogP) is 3.37. The summed E-state index contributed by atoms with van der Waals surface area (Å²) in [4.78, 5) is 6.85. The van der Waals surface area contributed by atoms with Crippen LogP contribution in [0.15, 0.2) is 35.2 Å². The molecule has 1 aliphatic rings. The summed E-state index contributed by atoms with van der Waals surface area (Å²) in [5.74, 6) is 0.936. The fourth-order valence-electron chi connectivity index (χ4n) is 2.32. The van der Waals surface area contributed by atoms with Gasteiger partial charge in [-0.1, -0.05) is 6.07 Å². The number of anilines is 1. The highest BCUT2D eigenvalue weighted by atomic mass is 32.1. The van der Waals surface area contributed by atoms with Gasteiger partial charge in [0.25, 0.3) is 0 Å². The van der Waals surface area contributed by atoms with Crippen LogP contribution in [0, 0.1) is 0 Å². The monoisotopic (exact) mass is 274 g/mol. The van der Waals surface area contributed by atoms with Gasteiger partial charge in [0, 0.05) is 24.3 Å². The molecule has 1 N–H and O–H groups in total. The van der Waals surface area contributed by atoms with E-state index in [-0.39, 0.29) is 0 Å². The molecule has 4 heteroatoms. The summed E-state index contributed by atoms with van der Waals surface area (Å²) in [6, 6.07) is 6.59. The third-order valence-electron chi connectivity index (χ3n) is 3.46. The second kappa shape index (κ2) is 5.31. The lowest BCUT2D eigenvalue weighted by Gasteiger charge is -2.26. The minimum atomic E-state index is -0.479. The first-order valence-corrected chi connectivity index (χ1v) is 7.60. The van der Waals surface area contributed by atoms with Gasteiger partial charge in [-0.3, -0.25) is 0 Å². The fourth-order valence-corrected chi connectivity index (χ4v) is 2.98. The number of aromatic nitrogens is 1. The van der Waals surface area contributed by atoms with Crippen LogP contribution in [0.3, 0.4) is 0 Å². The van der Waals surface area contributed by atoms with Crippen molar-refractivity contribution >= 4 is 17.2 Å². The molecule has 19 heavy (non-hydrogen) atoms. The van der Waals surface area contributed by atoms with Crippen LogP contribution in [0.2, 0.25) is 0 Å². The van der Waals surface area contributed by atoms with Crippen molar-refractivity contribution < 1.29 is 5.11 Å². The molecule has 2 aromatic rings. The van der Waals surface area contributed by atoms with Crippen molar-refractivity contribution in [2.45, 2.75) is 38.5 Å². The fraction of sp³-hybridized carbons (Fsp3) is 0.400. The smallest absolute Gasteiger partial charge is 0.134 e. The summed E-state index contributed by atoms with van der Waals surface area (Å²) >= 11 is 1.72. The van der Waals surface area contributed by atoms with E-state index in [1.54, 1.807) is 18.3 Å². The van der Waals surface area contributed by atoms with E-state index >= 15 is 0 Å². The first-order chi connectivity index (χ1) is 9.25. The average Bonchev–Trinajstić information content (AvgIpc) is 3.13. The molecule has 2 aromatic heterocycles. The Kier molecular flexibility index (Phi) is 3.53. The molecule has 0 aliphatic heterocycles. The number of nitrogens with zero attached hydrogens (tertiary/aromatic N) is 2. The zero-order valence-electron chi connectivity index (χ0n) is 11.0. The molecule has 0 saturated heterocycles. The number of hydrogen-bond acceptors (Lipinski definition) is 4. The summed E-state index contributed by atoms with van der Waals surface area (Å²) in [5, 5.41) is 14.2. The van der Waals surface area contributed by atoms with Crippen molar-refractivity contribution in [1.82, 2.24) is 4.98 Å². The van der Waals surface area contributed by atoms with Crippen molar-refractivity contribution in [1.29, 1.82) is 0 Å². The van der Waals surface area contributed by atoms with Crippen LogP contribution < -0.4 is 4.90 Å². The molecule has 0 radical (unpaired) electrons. The minimum absolute atomic E-state index is 0.479. The molecule has 2 heterocycles. The number of pyridine rings is 1. The topological polar surface area (TPSA) is 36.4 Å². The first-order valence-electron chi connectivity index (χ1n) is 6.66. The maximum Gasteiger partial charge on any atom is 0.134 e. The molecule has 1 atom stereocenters. The van der Waals surface area contributed by atoms with Crippen molar-refractivity contribution in [3.8, 4) is 0 Å². The Morgan fingerprint density at radius 2 is 2.32 bits per heavy atom. The quantitative estimate of drug-likeness (QED) is 0.908. The van der Waals surface area contributed by atoms with Crippen LogP contribution in [0.25, 0.3) is 0 Å². The van der Waals surface area contributed by atoms with Crippen LogP contribution in [-0.4, -0.2) is 16.1 Å². The zero-order chi connectivity index (χ0) is 13.2. The summed E-state index contributed by atoms with van der Waals surface area (Å²) < 4.78 is 0. The molecule has 3 nitrogen and oxygen atoms in total. The van der Waals surface area contributed by atoms with Gasteiger partial charge < -0.3 is 10.0 Å². The molecular formula is C15H18N2OS. The highest BCUT2D eigenvalue weighted by Crippen LogP contribution is 2.35. The Hall–Kier alpha value is -1.39. The van der Waals surface area contributed by atoms with Crippen LogP contribution in [-0.2, 0) is 6.54 Å². The zero-order valence-corrected chi connectivity index (χ0v) is 11.8. The van der Waals surface area contributed by atoms with Gasteiger partial charge in [-0.25, -0.2) is 4.98 Å². The molecule has 100 valence electrons. The third kappa shape index (κ3) is 2.80. The number of aliphatic hydroxyl groups excluding tert-OH is 1. The van der Waals surface area contributed by atoms with E-state index in [9.17, 15) is 5.11 Å². The van der Waals surface area contributed by atoms with Gasteiger partial charge in [-0.15, -0.1) is 0 Å². The Balaban J connectivity index is 1.92. The lowest BCUT2D eigenvalue weighted by molar-refractivity contribution is 0.199. The molecular weight excluding hydrogens is 256 g/mol. The number of thiophene rings is 1. The Morgan fingerprint density at radius 1 is 1.47 bits per heavy atom. The van der Waals surface area contributed by atoms with Gasteiger partial charge >= 0.3 is 0 Å². The van der Waals surface area contributed by atoms with Crippen LogP contribution in [0.5, 0.6) is 0 Å². The predicted molar refractivity (Wildman–Crippen MR) is 78.4 cm³/mol. The summed E-state index contributed by atoms with van der Waals surface area (Å²) in [5.41, 5.74) is 2.24. The SMILES string of the molecule is C[C@@H](O)c1cccnc1N(Cc1ccsc1)C1CC1. The first kappa shape index (κ1) is 12.6. The Bertz CT molecular complexity index is 535.